The Morgan fingerprint density at radius 3 is 2.78 bits per heavy atom. The van der Waals surface area contributed by atoms with Crippen LogP contribution in [0.1, 0.15) is 43.2 Å². The fourth-order valence-electron chi connectivity index (χ4n) is 3.29. The van der Waals surface area contributed by atoms with E-state index in [2.05, 4.69) is 0 Å². The lowest BCUT2D eigenvalue weighted by Crippen LogP contribution is -2.43. The Hall–Kier alpha value is -0.730. The molecule has 1 aromatic carbocycles. The molecule has 2 nitrogen and oxygen atoms in total. The molecule has 0 unspecified atom stereocenters. The number of hydrogen-bond donors (Lipinski definition) is 1. The van der Waals surface area contributed by atoms with Crippen molar-refractivity contribution in [2.75, 3.05) is 6.61 Å². The van der Waals surface area contributed by atoms with Gasteiger partial charge in [-0.05, 0) is 42.5 Å². The van der Waals surface area contributed by atoms with Crippen molar-refractivity contribution in [1.82, 2.24) is 0 Å². The summed E-state index contributed by atoms with van der Waals surface area (Å²) in [6, 6.07) is 4.06. The van der Waals surface area contributed by atoms with Crippen LogP contribution in [-0.2, 0) is 12.8 Å². The van der Waals surface area contributed by atoms with Gasteiger partial charge in [-0.3, -0.25) is 0 Å². The Morgan fingerprint density at radius 2 is 2.00 bits per heavy atom. The summed E-state index contributed by atoms with van der Waals surface area (Å²) in [4.78, 5) is 0. The van der Waals surface area contributed by atoms with Crippen LogP contribution in [-0.4, -0.2) is 12.1 Å². The minimum Gasteiger partial charge on any atom is -0.493 e. The number of hydrogen-bond acceptors (Lipinski definition) is 2. The molecule has 1 aliphatic heterocycles. The summed E-state index contributed by atoms with van der Waals surface area (Å²) in [5.41, 5.74) is 8.94. The van der Waals surface area contributed by atoms with Crippen LogP contribution in [0.25, 0.3) is 0 Å². The molecule has 2 N–H and O–H groups in total. The van der Waals surface area contributed by atoms with Crippen molar-refractivity contribution in [3.63, 3.8) is 0 Å². The number of ether oxygens (including phenoxy) is 1. The van der Waals surface area contributed by atoms with Gasteiger partial charge in [0.2, 0.25) is 0 Å². The molecule has 0 atom stereocenters. The average molecular weight is 266 g/mol. The lowest BCUT2D eigenvalue weighted by Gasteiger charge is -2.34. The Labute approximate surface area is 113 Å². The first-order valence-electron chi connectivity index (χ1n) is 6.89. The Morgan fingerprint density at radius 1 is 1.22 bits per heavy atom. The summed E-state index contributed by atoms with van der Waals surface area (Å²) in [7, 11) is 0. The predicted octanol–water partition coefficient (Wildman–Crippen LogP) is 3.48. The first kappa shape index (κ1) is 12.3. The Kier molecular flexibility index (Phi) is 3.25. The van der Waals surface area contributed by atoms with Gasteiger partial charge in [-0.25, -0.2) is 0 Å². The van der Waals surface area contributed by atoms with E-state index in [-0.39, 0.29) is 5.54 Å². The molecule has 0 saturated heterocycles. The molecule has 1 aliphatic carbocycles. The van der Waals surface area contributed by atoms with E-state index < -0.39 is 0 Å². The minimum absolute atomic E-state index is 0.0529. The standard InChI is InChI=1S/C15H20ClNO/c16-13-8-11-4-7-18-14(11)12(9-13)10-15(17)5-2-1-3-6-15/h8-9H,1-7,10,17H2. The quantitative estimate of drug-likeness (QED) is 0.889. The fraction of sp³-hybridized carbons (Fsp3) is 0.600. The van der Waals surface area contributed by atoms with E-state index in [9.17, 15) is 0 Å². The number of halogens is 1. The van der Waals surface area contributed by atoms with E-state index in [1.165, 1.54) is 30.4 Å². The number of benzene rings is 1. The predicted molar refractivity (Wildman–Crippen MR) is 74.4 cm³/mol. The normalized spacial score (nSPS) is 21.4. The van der Waals surface area contributed by atoms with Gasteiger partial charge in [-0.2, -0.15) is 0 Å². The summed E-state index contributed by atoms with van der Waals surface area (Å²) < 4.78 is 5.76. The summed E-state index contributed by atoms with van der Waals surface area (Å²) in [5.74, 6) is 1.05. The monoisotopic (exact) mass is 265 g/mol. The van der Waals surface area contributed by atoms with Crippen LogP contribution in [0.3, 0.4) is 0 Å². The first-order valence-corrected chi connectivity index (χ1v) is 7.27. The highest BCUT2D eigenvalue weighted by Crippen LogP contribution is 2.37. The van der Waals surface area contributed by atoms with E-state index in [4.69, 9.17) is 22.1 Å². The second-order valence-corrected chi connectivity index (χ2v) is 6.19. The van der Waals surface area contributed by atoms with Crippen molar-refractivity contribution in [3.8, 4) is 5.75 Å². The summed E-state index contributed by atoms with van der Waals surface area (Å²) in [6.07, 6.45) is 7.93. The van der Waals surface area contributed by atoms with Gasteiger partial charge in [-0.15, -0.1) is 0 Å². The lowest BCUT2D eigenvalue weighted by atomic mass is 9.78. The highest BCUT2D eigenvalue weighted by Gasteiger charge is 2.30. The molecule has 1 aromatic rings. The van der Waals surface area contributed by atoms with Crippen molar-refractivity contribution in [3.05, 3.63) is 28.3 Å². The van der Waals surface area contributed by atoms with Gasteiger partial charge < -0.3 is 10.5 Å². The Bertz CT molecular complexity index is 452. The zero-order valence-corrected chi connectivity index (χ0v) is 11.4. The number of rotatable bonds is 2. The molecule has 3 heteroatoms. The van der Waals surface area contributed by atoms with Crippen LogP contribution < -0.4 is 10.5 Å². The molecule has 2 aliphatic rings. The van der Waals surface area contributed by atoms with E-state index in [0.29, 0.717) is 0 Å². The van der Waals surface area contributed by atoms with Gasteiger partial charge in [0, 0.05) is 17.0 Å². The maximum absolute atomic E-state index is 6.54. The molecule has 1 fully saturated rings. The third kappa shape index (κ3) is 2.36. The number of nitrogens with two attached hydrogens (primary N) is 1. The topological polar surface area (TPSA) is 35.2 Å². The second kappa shape index (κ2) is 4.75. The molecule has 0 amide bonds. The molecule has 0 spiro atoms. The highest BCUT2D eigenvalue weighted by molar-refractivity contribution is 6.30. The average Bonchev–Trinajstić information content (AvgIpc) is 2.77. The summed E-state index contributed by atoms with van der Waals surface area (Å²) in [6.45, 7) is 0.778. The van der Waals surface area contributed by atoms with Crippen LogP contribution in [0.2, 0.25) is 5.02 Å². The molecule has 1 heterocycles. The maximum Gasteiger partial charge on any atom is 0.125 e. The van der Waals surface area contributed by atoms with E-state index in [0.717, 1.165) is 43.1 Å². The first-order chi connectivity index (χ1) is 8.66. The van der Waals surface area contributed by atoms with E-state index in [1.54, 1.807) is 0 Å². The zero-order chi connectivity index (χ0) is 12.6. The molecule has 1 saturated carbocycles. The zero-order valence-electron chi connectivity index (χ0n) is 10.7. The van der Waals surface area contributed by atoms with Gasteiger partial charge in [0.15, 0.2) is 0 Å². The van der Waals surface area contributed by atoms with Crippen LogP contribution in [0, 0.1) is 0 Å². The second-order valence-electron chi connectivity index (χ2n) is 5.75. The lowest BCUT2D eigenvalue weighted by molar-refractivity contribution is 0.288. The summed E-state index contributed by atoms with van der Waals surface area (Å²) in [5, 5.41) is 0.814. The van der Waals surface area contributed by atoms with Gasteiger partial charge in [0.05, 0.1) is 6.61 Å². The van der Waals surface area contributed by atoms with Crippen LogP contribution in [0.5, 0.6) is 5.75 Å². The van der Waals surface area contributed by atoms with E-state index in [1.807, 2.05) is 12.1 Å². The van der Waals surface area contributed by atoms with Crippen molar-refractivity contribution in [2.45, 2.75) is 50.5 Å². The van der Waals surface area contributed by atoms with Crippen LogP contribution >= 0.6 is 11.6 Å². The van der Waals surface area contributed by atoms with Crippen molar-refractivity contribution < 1.29 is 4.74 Å². The van der Waals surface area contributed by atoms with Crippen LogP contribution in [0.15, 0.2) is 12.1 Å². The SMILES string of the molecule is NC1(Cc2cc(Cl)cc3c2OCC3)CCCCC1. The molecule has 0 aromatic heterocycles. The smallest absolute Gasteiger partial charge is 0.125 e. The van der Waals surface area contributed by atoms with Gasteiger partial charge in [0.25, 0.3) is 0 Å². The fourth-order valence-corrected chi connectivity index (χ4v) is 3.55. The molecule has 3 rings (SSSR count). The summed E-state index contributed by atoms with van der Waals surface area (Å²) >= 11 is 6.20. The third-order valence-corrected chi connectivity index (χ3v) is 4.44. The van der Waals surface area contributed by atoms with Crippen molar-refractivity contribution >= 4 is 11.6 Å². The van der Waals surface area contributed by atoms with Gasteiger partial charge in [0.1, 0.15) is 5.75 Å². The van der Waals surface area contributed by atoms with Crippen molar-refractivity contribution in [2.24, 2.45) is 5.73 Å². The molecule has 18 heavy (non-hydrogen) atoms. The van der Waals surface area contributed by atoms with Crippen LogP contribution in [0.4, 0.5) is 0 Å². The third-order valence-electron chi connectivity index (χ3n) is 4.22. The Balaban J connectivity index is 1.88. The largest absolute Gasteiger partial charge is 0.493 e. The van der Waals surface area contributed by atoms with Gasteiger partial charge in [-0.1, -0.05) is 30.9 Å². The molecular weight excluding hydrogens is 246 g/mol. The highest BCUT2D eigenvalue weighted by atomic mass is 35.5. The van der Waals surface area contributed by atoms with Gasteiger partial charge >= 0.3 is 0 Å². The number of fused-ring (bicyclic) bond motifs is 1. The molecule has 0 radical (unpaired) electrons. The maximum atomic E-state index is 6.54. The molecular formula is C15H20ClNO. The van der Waals surface area contributed by atoms with Crippen molar-refractivity contribution in [1.29, 1.82) is 0 Å². The molecule has 98 valence electrons. The molecule has 0 bridgehead atoms. The van der Waals surface area contributed by atoms with E-state index >= 15 is 0 Å². The minimum atomic E-state index is -0.0529.